The van der Waals surface area contributed by atoms with E-state index in [9.17, 15) is 33.3 Å². The number of thiazole rings is 1. The van der Waals surface area contributed by atoms with Gasteiger partial charge in [-0.25, -0.2) is 14.6 Å². The average Bonchev–Trinajstić information content (AvgIpc) is 3.35. The summed E-state index contributed by atoms with van der Waals surface area (Å²) in [6.45, 7) is 8.54. The molecule has 1 unspecified atom stereocenters. The number of rotatable bonds is 32. The first-order valence-electron chi connectivity index (χ1n) is 29.6. The van der Waals surface area contributed by atoms with Crippen LogP contribution in [0.3, 0.4) is 0 Å². The summed E-state index contributed by atoms with van der Waals surface area (Å²) in [6.07, 6.45) is 13.8. The molecule has 2 saturated carbocycles. The van der Waals surface area contributed by atoms with E-state index >= 15 is 0 Å². The van der Waals surface area contributed by atoms with Crippen LogP contribution in [0, 0.1) is 23.7 Å². The number of ether oxygens (including phenoxy) is 8. The van der Waals surface area contributed by atoms with Crippen molar-refractivity contribution in [3.8, 4) is 34.5 Å². The van der Waals surface area contributed by atoms with Crippen molar-refractivity contribution in [3.05, 3.63) is 152 Å². The number of hydrazone groups is 1. The molecule has 18 nitrogen and oxygen atoms in total. The lowest BCUT2D eigenvalue weighted by atomic mass is 9.82. The maximum Gasteiger partial charge on any atom is 0.330 e. The van der Waals surface area contributed by atoms with Gasteiger partial charge in [-0.3, -0.25) is 19.2 Å². The Balaban J connectivity index is 0.857. The Kier molecular flexibility index (Phi) is 25.4. The second-order valence-electron chi connectivity index (χ2n) is 21.1. The zero-order valence-electron chi connectivity index (χ0n) is 48.6. The number of unbranched alkanes of at least 4 members (excludes halogenated alkanes) is 6. The maximum atomic E-state index is 14.0. The van der Waals surface area contributed by atoms with E-state index in [-0.39, 0.29) is 29.3 Å². The summed E-state index contributed by atoms with van der Waals surface area (Å²) in [4.78, 5) is 82.2. The fourth-order valence-electron chi connectivity index (χ4n) is 9.87. The highest BCUT2D eigenvalue weighted by atomic mass is 32.2. The van der Waals surface area contributed by atoms with Crippen molar-refractivity contribution in [1.82, 2.24) is 4.98 Å². The average molecular weight is 1220 g/mol. The number of para-hydroxylation sites is 1. The summed E-state index contributed by atoms with van der Waals surface area (Å²) in [5.74, 6) is -2.08. The van der Waals surface area contributed by atoms with Gasteiger partial charge in [0.25, 0.3) is 0 Å². The van der Waals surface area contributed by atoms with Crippen LogP contribution in [0.1, 0.15) is 108 Å². The fraction of sp³-hybridized carbons (Fsp3) is 0.373. The van der Waals surface area contributed by atoms with Gasteiger partial charge in [0.15, 0.2) is 4.90 Å². The van der Waals surface area contributed by atoms with Gasteiger partial charge in [0.2, 0.25) is 11.0 Å². The number of benzene rings is 5. The molecule has 2 aliphatic rings. The lowest BCUT2D eigenvalue weighted by molar-refractivity contribution is -0.145. The van der Waals surface area contributed by atoms with Crippen LogP contribution in [-0.2, 0) is 49.4 Å². The van der Waals surface area contributed by atoms with Crippen LogP contribution in [-0.4, -0.2) is 83.9 Å². The molecular weight excluding hydrogens is 1150 g/mol. The highest BCUT2D eigenvalue weighted by Gasteiger charge is 2.34. The minimum atomic E-state index is -1.54. The maximum absolute atomic E-state index is 14.0. The highest BCUT2D eigenvalue weighted by Crippen LogP contribution is 2.36. The monoisotopic (exact) mass is 1220 g/mol. The largest absolute Gasteiger partial charge is 0.610 e. The predicted molar refractivity (Wildman–Crippen MR) is 330 cm³/mol. The molecule has 0 aliphatic heterocycles. The lowest BCUT2D eigenvalue weighted by Gasteiger charge is -2.26. The second kappa shape index (κ2) is 34.1. The number of anilines is 1. The third-order valence-corrected chi connectivity index (χ3v) is 17.1. The normalized spacial score (nSPS) is 16.8. The quantitative estimate of drug-likeness (QED) is 0.00727. The Hall–Kier alpha value is -8.33. The number of nitrogens with zero attached hydrogens (tertiary/aromatic N) is 3. The molecule has 1 aromatic heterocycles. The number of carbonyl (C=O) groups is 6. The van der Waals surface area contributed by atoms with Gasteiger partial charge in [-0.15, -0.1) is 0 Å². The van der Waals surface area contributed by atoms with Crippen molar-refractivity contribution < 1.29 is 71.2 Å². The van der Waals surface area contributed by atoms with Crippen molar-refractivity contribution in [3.63, 3.8) is 0 Å². The third kappa shape index (κ3) is 20.7. The summed E-state index contributed by atoms with van der Waals surface area (Å²) in [7, 11) is 0. The number of esters is 6. The minimum absolute atomic E-state index is 0.0591. The van der Waals surface area contributed by atoms with Crippen LogP contribution in [0.5, 0.6) is 34.5 Å². The molecule has 0 saturated heterocycles. The van der Waals surface area contributed by atoms with Crippen LogP contribution in [0.4, 0.5) is 5.13 Å². The molecule has 0 radical (unpaired) electrons. The molecule has 5 aromatic carbocycles. The number of fused-ring (bicyclic) bond motifs is 1. The first kappa shape index (κ1) is 64.7. The Morgan fingerprint density at radius 3 is 1.44 bits per heavy atom. The molecule has 2 aliphatic carbocycles. The summed E-state index contributed by atoms with van der Waals surface area (Å²) in [5.41, 5.74) is 1.03. The van der Waals surface area contributed by atoms with E-state index in [2.05, 4.69) is 13.2 Å². The van der Waals surface area contributed by atoms with Crippen molar-refractivity contribution in [1.29, 1.82) is 0 Å². The van der Waals surface area contributed by atoms with Gasteiger partial charge < -0.3 is 42.4 Å². The van der Waals surface area contributed by atoms with E-state index in [1.807, 2.05) is 42.5 Å². The van der Waals surface area contributed by atoms with Crippen molar-refractivity contribution in [2.24, 2.45) is 28.8 Å². The lowest BCUT2D eigenvalue weighted by Crippen LogP contribution is -2.30. The molecule has 0 amide bonds. The number of carbonyl (C=O) groups excluding carboxylic acids is 6. The minimum Gasteiger partial charge on any atom is -0.610 e. The van der Waals surface area contributed by atoms with Crippen molar-refractivity contribution in [2.75, 3.05) is 37.3 Å². The molecular formula is C67H73N3O15S2. The van der Waals surface area contributed by atoms with Crippen LogP contribution >= 0.6 is 11.3 Å². The molecule has 20 heteroatoms. The number of hydrogen-bond donors (Lipinski definition) is 0. The molecule has 1 atom stereocenters. The van der Waals surface area contributed by atoms with Gasteiger partial charge in [0, 0.05) is 28.9 Å². The van der Waals surface area contributed by atoms with E-state index in [1.165, 1.54) is 22.6 Å². The van der Waals surface area contributed by atoms with E-state index in [1.54, 1.807) is 78.9 Å². The number of hydrogen-bond acceptors (Lipinski definition) is 19. The van der Waals surface area contributed by atoms with Gasteiger partial charge in [0.05, 0.1) is 66.5 Å². The Labute approximate surface area is 514 Å². The smallest absolute Gasteiger partial charge is 0.330 e. The Morgan fingerprint density at radius 2 is 0.954 bits per heavy atom. The summed E-state index contributed by atoms with van der Waals surface area (Å²) in [6, 6.07) is 35.0. The molecule has 0 bridgehead atoms. The summed E-state index contributed by atoms with van der Waals surface area (Å²) < 4.78 is 60.0. The first-order chi connectivity index (χ1) is 42.4. The zero-order chi connectivity index (χ0) is 61.2. The van der Waals surface area contributed by atoms with Crippen molar-refractivity contribution in [2.45, 2.75) is 108 Å². The standard InChI is InChI=1S/C67H73N3O15S2/c1-3-61(71)80-42-16-7-5-14-40-78-52-30-34-54(35-31-52)82-63(73)47-22-24-49(25-23-47)65(75)84-56-38-39-59(51(44-56)45-68-70(46-87(77)57-18-10-9-11-19-57)67-69-58-20-12-13-21-60(58)86-67)85-66(76)50-28-26-48(27-29-50)64(74)83-55-36-32-53(33-37-55)79-41-15-6-8-17-43-81-62(72)4-2/h3-4,9-13,18-21,30-39,44-45,47-50H,1-2,5-8,14-17,22-29,40-43,46H2/b68-45+/t47-,48-,49-,50-,87?. The highest BCUT2D eigenvalue weighted by molar-refractivity contribution is 7.91. The van der Waals surface area contributed by atoms with Crippen molar-refractivity contribution >= 4 is 79.9 Å². The third-order valence-electron chi connectivity index (χ3n) is 14.8. The van der Waals surface area contributed by atoms with Crippen LogP contribution in [0.2, 0.25) is 0 Å². The van der Waals surface area contributed by atoms with Gasteiger partial charge in [-0.05, 0) is 194 Å². The molecule has 0 spiro atoms. The topological polar surface area (TPSA) is 228 Å². The van der Waals surface area contributed by atoms with E-state index < -0.39 is 58.7 Å². The second-order valence-corrected chi connectivity index (χ2v) is 23.5. The van der Waals surface area contributed by atoms with Gasteiger partial charge in [-0.1, -0.05) is 54.8 Å². The van der Waals surface area contributed by atoms with Gasteiger partial charge in [-0.2, -0.15) is 10.1 Å². The van der Waals surface area contributed by atoms with Gasteiger partial charge >= 0.3 is 35.8 Å². The zero-order valence-corrected chi connectivity index (χ0v) is 50.3. The Morgan fingerprint density at radius 1 is 0.529 bits per heavy atom. The van der Waals surface area contributed by atoms with Crippen LogP contribution < -0.4 is 33.4 Å². The molecule has 0 N–H and O–H groups in total. The van der Waals surface area contributed by atoms with E-state index in [0.717, 1.165) is 73.7 Å². The first-order valence-corrected chi connectivity index (χ1v) is 31.7. The fourth-order valence-corrected chi connectivity index (χ4v) is 11.9. The van der Waals surface area contributed by atoms with Crippen LogP contribution in [0.15, 0.2) is 157 Å². The molecule has 8 rings (SSSR count). The number of aromatic nitrogens is 1. The molecule has 2 fully saturated rings. The Bertz CT molecular complexity index is 3230. The molecule has 87 heavy (non-hydrogen) atoms. The van der Waals surface area contributed by atoms with E-state index in [4.69, 9.17) is 48.0 Å². The summed E-state index contributed by atoms with van der Waals surface area (Å²) >= 11 is -0.165. The molecule has 6 aromatic rings. The predicted octanol–water partition coefficient (Wildman–Crippen LogP) is 12.9. The van der Waals surface area contributed by atoms with E-state index in [0.29, 0.717) is 116 Å². The van der Waals surface area contributed by atoms with Gasteiger partial charge in [0.1, 0.15) is 34.5 Å². The summed E-state index contributed by atoms with van der Waals surface area (Å²) in [5, 5.41) is 6.82. The molecule has 458 valence electrons. The molecule has 1 heterocycles. The van der Waals surface area contributed by atoms with Crippen LogP contribution in [0.25, 0.3) is 10.2 Å². The SMILES string of the molecule is C=CC(=O)OCCCCCCOc1ccc(OC(=O)[C@H]2CC[C@H](C(=O)Oc3ccc(OC(=O)[C@H]4CC[C@H](C(=O)Oc5ccc(OCCCCCCOC(=O)C=C)cc5)CC4)c(/C=N/N(C[S+]([O-])c4ccccc4)c4nc5ccccc5s4)c3)CC2)cc1.